The monoisotopic (exact) mass is 418 g/mol. The second-order valence-corrected chi connectivity index (χ2v) is 7.72. The predicted molar refractivity (Wildman–Crippen MR) is 122 cm³/mol. The first-order chi connectivity index (χ1) is 14.7. The van der Waals surface area contributed by atoms with Gasteiger partial charge in [-0.3, -0.25) is 9.69 Å². The van der Waals surface area contributed by atoms with E-state index in [2.05, 4.69) is 9.97 Å². The lowest BCUT2D eigenvalue weighted by molar-refractivity contribution is 0.0975. The van der Waals surface area contributed by atoms with Gasteiger partial charge in [0.1, 0.15) is 5.82 Å². The maximum Gasteiger partial charge on any atom is 0.261 e. The zero-order valence-corrected chi connectivity index (χ0v) is 17.7. The second-order valence-electron chi connectivity index (χ2n) is 6.71. The Balaban J connectivity index is 1.59. The minimum Gasteiger partial charge on any atom is -0.383 e. The number of carbonyl (C=O) groups is 1. The molecule has 0 aliphatic rings. The first-order valence-electron chi connectivity index (χ1n) is 9.58. The number of carbonyl (C=O) groups excluding carboxylic acids is 1. The number of pyridine rings is 1. The van der Waals surface area contributed by atoms with Crippen molar-refractivity contribution in [3.63, 3.8) is 0 Å². The third-order valence-corrected chi connectivity index (χ3v) is 5.82. The molecule has 0 aliphatic heterocycles. The van der Waals surface area contributed by atoms with E-state index in [-0.39, 0.29) is 5.91 Å². The van der Waals surface area contributed by atoms with E-state index in [4.69, 9.17) is 4.74 Å². The van der Waals surface area contributed by atoms with E-state index in [1.807, 2.05) is 72.6 Å². The van der Waals surface area contributed by atoms with Gasteiger partial charge in [0.15, 0.2) is 5.13 Å². The number of amides is 1. The maximum atomic E-state index is 13.3. The van der Waals surface area contributed by atoms with Crippen LogP contribution in [0.15, 0.2) is 72.9 Å². The summed E-state index contributed by atoms with van der Waals surface area (Å²) in [6, 6.07) is 21.5. The molecule has 152 valence electrons. The van der Waals surface area contributed by atoms with Crippen molar-refractivity contribution in [3.05, 3.63) is 78.5 Å². The van der Waals surface area contributed by atoms with Gasteiger partial charge in [0, 0.05) is 26.0 Å². The minimum absolute atomic E-state index is 0.146. The highest BCUT2D eigenvalue weighted by Gasteiger charge is 2.21. The summed E-state index contributed by atoms with van der Waals surface area (Å²) in [7, 11) is 3.57. The molecular formula is C23H22N4O2S. The Morgan fingerprint density at radius 2 is 1.80 bits per heavy atom. The lowest BCUT2D eigenvalue weighted by atomic mass is 10.2. The van der Waals surface area contributed by atoms with Crippen LogP contribution in [0.5, 0.6) is 0 Å². The van der Waals surface area contributed by atoms with Crippen LogP contribution in [0.3, 0.4) is 0 Å². The number of hydrogen-bond donors (Lipinski definition) is 0. The minimum atomic E-state index is -0.146. The molecule has 0 unspecified atom stereocenters. The Morgan fingerprint density at radius 3 is 2.50 bits per heavy atom. The van der Waals surface area contributed by atoms with Crippen LogP contribution >= 0.6 is 11.3 Å². The van der Waals surface area contributed by atoms with Crippen molar-refractivity contribution in [2.24, 2.45) is 0 Å². The molecule has 0 spiro atoms. The molecule has 30 heavy (non-hydrogen) atoms. The number of para-hydroxylation sites is 2. The number of fused-ring (bicyclic) bond motifs is 1. The summed E-state index contributed by atoms with van der Waals surface area (Å²) in [6.07, 6.45) is 1.62. The molecule has 0 atom stereocenters. The first-order valence-corrected chi connectivity index (χ1v) is 10.4. The zero-order chi connectivity index (χ0) is 20.9. The van der Waals surface area contributed by atoms with E-state index in [0.717, 1.165) is 21.7 Å². The fourth-order valence-corrected chi connectivity index (χ4v) is 4.08. The predicted octanol–water partition coefficient (Wildman–Crippen LogP) is 4.75. The van der Waals surface area contributed by atoms with Crippen LogP contribution in [-0.2, 0) is 4.74 Å². The van der Waals surface area contributed by atoms with Crippen LogP contribution in [0, 0.1) is 0 Å². The number of benzene rings is 2. The van der Waals surface area contributed by atoms with Gasteiger partial charge in [-0.05, 0) is 36.4 Å². The van der Waals surface area contributed by atoms with Gasteiger partial charge in [0.05, 0.1) is 28.9 Å². The van der Waals surface area contributed by atoms with Crippen molar-refractivity contribution in [1.82, 2.24) is 9.97 Å². The third kappa shape index (κ3) is 4.17. The number of aromatic nitrogens is 2. The molecule has 0 radical (unpaired) electrons. The normalized spacial score (nSPS) is 10.9. The molecule has 2 heterocycles. The van der Waals surface area contributed by atoms with E-state index >= 15 is 0 Å². The van der Waals surface area contributed by atoms with Crippen LogP contribution in [-0.4, -0.2) is 43.2 Å². The number of rotatable bonds is 7. The smallest absolute Gasteiger partial charge is 0.261 e. The highest BCUT2D eigenvalue weighted by Crippen LogP contribution is 2.29. The van der Waals surface area contributed by atoms with Gasteiger partial charge >= 0.3 is 0 Å². The zero-order valence-electron chi connectivity index (χ0n) is 16.9. The van der Waals surface area contributed by atoms with Gasteiger partial charge in [0.2, 0.25) is 0 Å². The van der Waals surface area contributed by atoms with Crippen molar-refractivity contribution in [1.29, 1.82) is 0 Å². The lowest BCUT2D eigenvalue weighted by Gasteiger charge is -2.21. The molecule has 7 heteroatoms. The summed E-state index contributed by atoms with van der Waals surface area (Å²) in [5.41, 5.74) is 2.42. The van der Waals surface area contributed by atoms with E-state index in [0.29, 0.717) is 23.8 Å². The summed E-state index contributed by atoms with van der Waals surface area (Å²) in [5, 5.41) is 0.656. The molecule has 1 amide bonds. The Bertz CT molecular complexity index is 1100. The van der Waals surface area contributed by atoms with Crippen molar-refractivity contribution in [2.45, 2.75) is 0 Å². The van der Waals surface area contributed by atoms with E-state index in [9.17, 15) is 4.79 Å². The van der Waals surface area contributed by atoms with E-state index in [1.165, 1.54) is 11.3 Å². The van der Waals surface area contributed by atoms with Gasteiger partial charge < -0.3 is 9.64 Å². The fourth-order valence-electron chi connectivity index (χ4n) is 3.09. The highest BCUT2D eigenvalue weighted by molar-refractivity contribution is 7.22. The first kappa shape index (κ1) is 20.0. The van der Waals surface area contributed by atoms with Crippen LogP contribution < -0.4 is 9.80 Å². The molecule has 0 bridgehead atoms. The average Bonchev–Trinajstić information content (AvgIpc) is 3.23. The van der Waals surface area contributed by atoms with Crippen molar-refractivity contribution < 1.29 is 9.53 Å². The molecule has 2 aromatic carbocycles. The molecule has 0 saturated heterocycles. The molecule has 0 saturated carbocycles. The number of hydrogen-bond acceptors (Lipinski definition) is 6. The topological polar surface area (TPSA) is 58.6 Å². The summed E-state index contributed by atoms with van der Waals surface area (Å²) in [6.45, 7) is 0.838. The largest absolute Gasteiger partial charge is 0.383 e. The molecule has 4 aromatic rings. The highest BCUT2D eigenvalue weighted by atomic mass is 32.1. The quantitative estimate of drug-likeness (QED) is 0.433. The van der Waals surface area contributed by atoms with Gasteiger partial charge in [-0.2, -0.15) is 0 Å². The number of nitrogens with zero attached hydrogens (tertiary/aromatic N) is 4. The lowest BCUT2D eigenvalue weighted by Crippen LogP contribution is -2.34. The number of thiazole rings is 1. The van der Waals surface area contributed by atoms with Crippen molar-refractivity contribution >= 4 is 44.1 Å². The molecule has 6 nitrogen and oxygen atoms in total. The molecule has 4 rings (SSSR count). The van der Waals surface area contributed by atoms with Crippen LogP contribution in [0.25, 0.3) is 10.2 Å². The molecule has 0 aliphatic carbocycles. The Labute approximate surface area is 179 Å². The summed E-state index contributed by atoms with van der Waals surface area (Å²) in [5.74, 6) is 0.619. The van der Waals surface area contributed by atoms with Crippen molar-refractivity contribution in [3.8, 4) is 0 Å². The SMILES string of the molecule is COCCN(C(=O)c1ccc(N(C)c2ccccc2)nc1)c1nc2ccccc2s1. The number of methoxy groups -OCH3 is 1. The summed E-state index contributed by atoms with van der Waals surface area (Å²) in [4.78, 5) is 26.0. The van der Waals surface area contributed by atoms with Crippen LogP contribution in [0.2, 0.25) is 0 Å². The standard InChI is InChI=1S/C23H22N4O2S/c1-26(18-8-4-3-5-9-18)21-13-12-17(16-24-21)22(28)27(14-15-29-2)23-25-19-10-6-7-11-20(19)30-23/h3-13,16H,14-15H2,1-2H3. The van der Waals surface area contributed by atoms with Gasteiger partial charge in [-0.15, -0.1) is 0 Å². The van der Waals surface area contributed by atoms with E-state index < -0.39 is 0 Å². The molecule has 0 fully saturated rings. The van der Waals surface area contributed by atoms with Crippen molar-refractivity contribution in [2.75, 3.05) is 37.1 Å². The van der Waals surface area contributed by atoms with Crippen LogP contribution in [0.1, 0.15) is 10.4 Å². The summed E-state index contributed by atoms with van der Waals surface area (Å²) < 4.78 is 6.26. The van der Waals surface area contributed by atoms with Gasteiger partial charge in [-0.25, -0.2) is 9.97 Å². The second kappa shape index (κ2) is 9.02. The van der Waals surface area contributed by atoms with E-state index in [1.54, 1.807) is 24.3 Å². The van der Waals surface area contributed by atoms with Gasteiger partial charge in [0.25, 0.3) is 5.91 Å². The molecule has 0 N–H and O–H groups in total. The maximum absolute atomic E-state index is 13.3. The Kier molecular flexibility index (Phi) is 6.02. The number of anilines is 3. The van der Waals surface area contributed by atoms with Gasteiger partial charge in [-0.1, -0.05) is 41.7 Å². The summed E-state index contributed by atoms with van der Waals surface area (Å²) >= 11 is 1.49. The Morgan fingerprint density at radius 1 is 1.03 bits per heavy atom. The average molecular weight is 419 g/mol. The fraction of sp³-hybridized carbons (Fsp3) is 0.174. The Hall–Kier alpha value is -3.29. The molecule has 2 aromatic heterocycles. The number of ether oxygens (including phenoxy) is 1. The third-order valence-electron chi connectivity index (χ3n) is 4.76. The van der Waals surface area contributed by atoms with Crippen LogP contribution in [0.4, 0.5) is 16.6 Å². The molecular weight excluding hydrogens is 396 g/mol.